The Bertz CT molecular complexity index is 624. The second-order valence-electron chi connectivity index (χ2n) is 5.79. The fourth-order valence-corrected chi connectivity index (χ4v) is 3.02. The number of nitrogens with zero attached hydrogens (tertiary/aromatic N) is 2. The van der Waals surface area contributed by atoms with Crippen LogP contribution < -0.4 is 11.1 Å². The smallest absolute Gasteiger partial charge is 0.243 e. The molecule has 0 saturated heterocycles. The largest absolute Gasteiger partial charge is 0.320 e. The highest BCUT2D eigenvalue weighted by Gasteiger charge is 2.28. The predicted octanol–water partition coefficient (Wildman–Crippen LogP) is 2.93. The number of hydrogen-bond donors (Lipinski definition) is 2. The first kappa shape index (κ1) is 16.6. The van der Waals surface area contributed by atoms with Crippen molar-refractivity contribution in [3.8, 4) is 0 Å². The summed E-state index contributed by atoms with van der Waals surface area (Å²) in [6.45, 7) is 6.19. The van der Waals surface area contributed by atoms with Crippen molar-refractivity contribution in [3.63, 3.8) is 0 Å². The van der Waals surface area contributed by atoms with Gasteiger partial charge in [-0.05, 0) is 25.8 Å². The van der Waals surface area contributed by atoms with E-state index >= 15 is 0 Å². The number of carbonyl (C=O) groups is 1. The first-order chi connectivity index (χ1) is 10.4. The van der Waals surface area contributed by atoms with Crippen LogP contribution in [0.4, 0.5) is 5.13 Å². The molecule has 0 aliphatic heterocycles. The van der Waals surface area contributed by atoms with E-state index in [0.29, 0.717) is 11.6 Å². The molecule has 1 aromatic heterocycles. The highest BCUT2D eigenvalue weighted by atomic mass is 32.1. The second-order valence-corrected chi connectivity index (χ2v) is 6.77. The van der Waals surface area contributed by atoms with Gasteiger partial charge in [-0.15, -0.1) is 10.2 Å². The Morgan fingerprint density at radius 2 is 2.00 bits per heavy atom. The number of nitrogens with two attached hydrogens (primary N) is 1. The van der Waals surface area contributed by atoms with Gasteiger partial charge in [0.1, 0.15) is 5.01 Å². The molecular weight excluding hydrogens is 296 g/mol. The van der Waals surface area contributed by atoms with Gasteiger partial charge in [0.25, 0.3) is 0 Å². The molecule has 0 saturated carbocycles. The van der Waals surface area contributed by atoms with Gasteiger partial charge in [0, 0.05) is 5.41 Å². The van der Waals surface area contributed by atoms with Gasteiger partial charge in [0.15, 0.2) is 0 Å². The molecule has 0 aliphatic carbocycles. The minimum absolute atomic E-state index is 0.206. The molecule has 0 radical (unpaired) electrons. The molecular formula is C16H22N4OS. The van der Waals surface area contributed by atoms with Crippen molar-refractivity contribution in [3.05, 3.63) is 40.9 Å². The number of hydrogen-bond acceptors (Lipinski definition) is 5. The molecule has 118 valence electrons. The molecule has 5 nitrogen and oxygen atoms in total. The van der Waals surface area contributed by atoms with Gasteiger partial charge < -0.3 is 5.73 Å². The van der Waals surface area contributed by atoms with Gasteiger partial charge in [-0.25, -0.2) is 0 Å². The Morgan fingerprint density at radius 1 is 1.32 bits per heavy atom. The zero-order valence-electron chi connectivity index (χ0n) is 13.2. The molecule has 6 heteroatoms. The molecule has 0 spiro atoms. The minimum Gasteiger partial charge on any atom is -0.320 e. The van der Waals surface area contributed by atoms with E-state index in [1.165, 1.54) is 11.3 Å². The molecule has 0 aliphatic rings. The molecule has 0 bridgehead atoms. The van der Waals surface area contributed by atoms with Crippen LogP contribution in [0, 0.1) is 0 Å². The molecule has 22 heavy (non-hydrogen) atoms. The Hall–Kier alpha value is -1.79. The normalized spacial score (nSPS) is 12.9. The maximum atomic E-state index is 11.9. The topological polar surface area (TPSA) is 80.9 Å². The lowest BCUT2D eigenvalue weighted by Crippen LogP contribution is -2.35. The monoisotopic (exact) mass is 318 g/mol. The maximum Gasteiger partial charge on any atom is 0.243 e. The first-order valence-corrected chi connectivity index (χ1v) is 8.22. The molecule has 2 rings (SSSR count). The lowest BCUT2D eigenvalue weighted by Gasteiger charge is -2.21. The van der Waals surface area contributed by atoms with Crippen LogP contribution in [0.15, 0.2) is 30.3 Å². The van der Waals surface area contributed by atoms with Gasteiger partial charge >= 0.3 is 0 Å². The molecule has 1 aromatic carbocycles. The van der Waals surface area contributed by atoms with Crippen LogP contribution in [0.3, 0.4) is 0 Å². The van der Waals surface area contributed by atoms with Crippen LogP contribution in [0.5, 0.6) is 0 Å². The molecule has 2 aromatic rings. The summed E-state index contributed by atoms with van der Waals surface area (Å²) in [5.74, 6) is -0.206. The van der Waals surface area contributed by atoms with Crippen molar-refractivity contribution in [2.24, 2.45) is 5.73 Å². The van der Waals surface area contributed by atoms with Crippen LogP contribution in [0.1, 0.15) is 44.2 Å². The highest BCUT2D eigenvalue weighted by molar-refractivity contribution is 7.15. The van der Waals surface area contributed by atoms with E-state index in [1.807, 2.05) is 25.1 Å². The predicted molar refractivity (Wildman–Crippen MR) is 90.0 cm³/mol. The number of anilines is 1. The summed E-state index contributed by atoms with van der Waals surface area (Å²) in [6, 6.07) is 9.63. The minimum atomic E-state index is -0.500. The number of amides is 1. The standard InChI is InChI=1S/C16H22N4OS/c1-4-8-12(17)13(21)18-15-20-19-14(22-15)16(2,3)11-9-6-5-7-10-11/h5-7,9-10,12H,4,8,17H2,1-3H3,(H,18,20,21). The van der Waals surface area contributed by atoms with Crippen molar-refractivity contribution in [1.82, 2.24) is 10.2 Å². The average molecular weight is 318 g/mol. The highest BCUT2D eigenvalue weighted by Crippen LogP contribution is 2.34. The summed E-state index contributed by atoms with van der Waals surface area (Å²) in [5, 5.41) is 12.4. The van der Waals surface area contributed by atoms with Crippen LogP contribution in [0.25, 0.3) is 0 Å². The van der Waals surface area contributed by atoms with E-state index < -0.39 is 6.04 Å². The summed E-state index contributed by atoms with van der Waals surface area (Å²) in [7, 11) is 0. The third kappa shape index (κ3) is 3.69. The number of carbonyl (C=O) groups excluding carboxylic acids is 1. The Labute approximate surface area is 135 Å². The number of benzene rings is 1. The van der Waals surface area contributed by atoms with Crippen molar-refractivity contribution >= 4 is 22.4 Å². The zero-order valence-corrected chi connectivity index (χ0v) is 14.0. The van der Waals surface area contributed by atoms with Gasteiger partial charge in [0.05, 0.1) is 6.04 Å². The van der Waals surface area contributed by atoms with Crippen molar-refractivity contribution in [1.29, 1.82) is 0 Å². The van der Waals surface area contributed by atoms with E-state index in [2.05, 4.69) is 41.5 Å². The van der Waals surface area contributed by atoms with Crippen LogP contribution in [-0.2, 0) is 10.2 Å². The van der Waals surface area contributed by atoms with Crippen LogP contribution >= 0.6 is 11.3 Å². The maximum absolute atomic E-state index is 11.9. The van der Waals surface area contributed by atoms with E-state index in [9.17, 15) is 4.79 Å². The van der Waals surface area contributed by atoms with E-state index in [-0.39, 0.29) is 11.3 Å². The molecule has 1 unspecified atom stereocenters. The van der Waals surface area contributed by atoms with E-state index in [0.717, 1.165) is 17.0 Å². The summed E-state index contributed by atoms with van der Waals surface area (Å²) >= 11 is 1.39. The first-order valence-electron chi connectivity index (χ1n) is 7.41. The molecule has 0 fully saturated rings. The quantitative estimate of drug-likeness (QED) is 0.858. The fraction of sp³-hybridized carbons (Fsp3) is 0.438. The second kappa shape index (κ2) is 6.98. The van der Waals surface area contributed by atoms with E-state index in [4.69, 9.17) is 5.73 Å². The van der Waals surface area contributed by atoms with Crippen LogP contribution in [0.2, 0.25) is 0 Å². The summed E-state index contributed by atoms with van der Waals surface area (Å²) in [5.41, 5.74) is 6.71. The third-order valence-electron chi connectivity index (χ3n) is 3.62. The third-order valence-corrected chi connectivity index (χ3v) is 4.78. The lowest BCUT2D eigenvalue weighted by atomic mass is 9.85. The molecule has 3 N–H and O–H groups in total. The van der Waals surface area contributed by atoms with Crippen molar-refractivity contribution in [2.45, 2.75) is 45.1 Å². The molecule has 1 amide bonds. The Morgan fingerprint density at radius 3 is 2.64 bits per heavy atom. The lowest BCUT2D eigenvalue weighted by molar-refractivity contribution is -0.117. The summed E-state index contributed by atoms with van der Waals surface area (Å²) < 4.78 is 0. The summed E-state index contributed by atoms with van der Waals surface area (Å²) in [6.07, 6.45) is 1.53. The Balaban J connectivity index is 2.13. The zero-order chi connectivity index (χ0) is 16.2. The fourth-order valence-electron chi connectivity index (χ4n) is 2.14. The van der Waals surface area contributed by atoms with E-state index in [1.54, 1.807) is 0 Å². The van der Waals surface area contributed by atoms with Gasteiger partial charge in [-0.2, -0.15) is 0 Å². The molecule has 1 atom stereocenters. The van der Waals surface area contributed by atoms with Gasteiger partial charge in [-0.1, -0.05) is 55.0 Å². The molecule has 1 heterocycles. The van der Waals surface area contributed by atoms with Crippen LogP contribution in [-0.4, -0.2) is 22.1 Å². The number of rotatable bonds is 6. The number of aromatic nitrogens is 2. The van der Waals surface area contributed by atoms with Crippen molar-refractivity contribution in [2.75, 3.05) is 5.32 Å². The van der Waals surface area contributed by atoms with Gasteiger partial charge in [-0.3, -0.25) is 10.1 Å². The SMILES string of the molecule is CCCC(N)C(=O)Nc1nnc(C(C)(C)c2ccccc2)s1. The van der Waals surface area contributed by atoms with Gasteiger partial charge in [0.2, 0.25) is 11.0 Å². The average Bonchev–Trinajstić information content (AvgIpc) is 2.97. The summed E-state index contributed by atoms with van der Waals surface area (Å²) in [4.78, 5) is 11.9. The Kier molecular flexibility index (Phi) is 5.26. The van der Waals surface area contributed by atoms with Crippen molar-refractivity contribution < 1.29 is 4.79 Å². The number of nitrogens with one attached hydrogen (secondary N) is 1.